The van der Waals surface area contributed by atoms with E-state index in [1.54, 1.807) is 19.4 Å². The van der Waals surface area contributed by atoms with Gasteiger partial charge in [-0.25, -0.2) is 0 Å². The molecule has 0 aliphatic rings. The Bertz CT molecular complexity index is 881. The maximum Gasteiger partial charge on any atom is 0.310 e. The molecule has 1 aromatic heterocycles. The highest BCUT2D eigenvalue weighted by Gasteiger charge is 2.12. The largest absolute Gasteiger partial charge is 0.497 e. The van der Waals surface area contributed by atoms with Gasteiger partial charge in [-0.2, -0.15) is 0 Å². The molecule has 0 N–H and O–H groups in total. The Morgan fingerprint density at radius 1 is 0.963 bits per heavy atom. The second-order valence-electron chi connectivity index (χ2n) is 5.77. The quantitative estimate of drug-likeness (QED) is 0.419. The molecule has 0 radical (unpaired) electrons. The van der Waals surface area contributed by atoms with Crippen LogP contribution in [0.25, 0.3) is 11.0 Å². The molecule has 0 unspecified atom stereocenters. The molecule has 0 saturated carbocycles. The number of carbonyl (C=O) groups is 1. The van der Waals surface area contributed by atoms with E-state index in [1.807, 2.05) is 43.3 Å². The summed E-state index contributed by atoms with van der Waals surface area (Å²) in [5.41, 5.74) is 1.46. The second-order valence-corrected chi connectivity index (χ2v) is 5.77. The van der Waals surface area contributed by atoms with Crippen LogP contribution < -0.4 is 14.2 Å². The van der Waals surface area contributed by atoms with Crippen molar-refractivity contribution in [1.29, 1.82) is 0 Å². The third-order valence-electron chi connectivity index (χ3n) is 3.95. The summed E-state index contributed by atoms with van der Waals surface area (Å²) in [5.74, 6) is 1.87. The number of furan rings is 1. The highest BCUT2D eigenvalue weighted by atomic mass is 16.6. The lowest BCUT2D eigenvalue weighted by Crippen LogP contribution is -2.13. The molecule has 3 aromatic rings. The summed E-state index contributed by atoms with van der Waals surface area (Å²) in [4.78, 5) is 12.0. The number of hydrogen-bond acceptors (Lipinski definition) is 6. The number of fused-ring (bicyclic) bond motifs is 1. The van der Waals surface area contributed by atoms with E-state index in [9.17, 15) is 4.79 Å². The summed E-state index contributed by atoms with van der Waals surface area (Å²) in [5, 5.41) is 0.874. The van der Waals surface area contributed by atoms with Crippen LogP contribution in [-0.4, -0.2) is 32.9 Å². The lowest BCUT2D eigenvalue weighted by molar-refractivity contribution is -0.143. The molecule has 0 amide bonds. The van der Waals surface area contributed by atoms with Crippen LogP contribution in [0.2, 0.25) is 0 Å². The van der Waals surface area contributed by atoms with Gasteiger partial charge in [-0.1, -0.05) is 0 Å². The fourth-order valence-electron chi connectivity index (χ4n) is 2.65. The van der Waals surface area contributed by atoms with Gasteiger partial charge in [0.1, 0.15) is 36.0 Å². The van der Waals surface area contributed by atoms with Crippen molar-refractivity contribution in [1.82, 2.24) is 0 Å². The van der Waals surface area contributed by atoms with E-state index in [4.69, 9.17) is 23.4 Å². The number of carbonyl (C=O) groups excluding carboxylic acids is 1. The van der Waals surface area contributed by atoms with E-state index in [2.05, 4.69) is 0 Å². The first-order valence-corrected chi connectivity index (χ1v) is 8.75. The zero-order valence-electron chi connectivity index (χ0n) is 15.4. The van der Waals surface area contributed by atoms with Crippen molar-refractivity contribution in [2.24, 2.45) is 0 Å². The maximum absolute atomic E-state index is 12.0. The van der Waals surface area contributed by atoms with Crippen molar-refractivity contribution in [2.75, 3.05) is 26.9 Å². The predicted octanol–water partition coefficient (Wildman–Crippen LogP) is 4.00. The van der Waals surface area contributed by atoms with Crippen LogP contribution in [-0.2, 0) is 16.0 Å². The molecular weight excluding hydrogens is 348 g/mol. The van der Waals surface area contributed by atoms with Gasteiger partial charge < -0.3 is 23.4 Å². The lowest BCUT2D eigenvalue weighted by atomic mass is 10.1. The predicted molar refractivity (Wildman–Crippen MR) is 101 cm³/mol. The molecule has 0 spiro atoms. The Morgan fingerprint density at radius 2 is 1.67 bits per heavy atom. The summed E-state index contributed by atoms with van der Waals surface area (Å²) in [6.07, 6.45) is 1.71. The van der Waals surface area contributed by atoms with Gasteiger partial charge in [-0.15, -0.1) is 0 Å². The van der Waals surface area contributed by atoms with Crippen molar-refractivity contribution in [3.05, 3.63) is 54.3 Å². The van der Waals surface area contributed by atoms with E-state index in [-0.39, 0.29) is 25.6 Å². The molecule has 0 aliphatic carbocycles. The Labute approximate surface area is 157 Å². The van der Waals surface area contributed by atoms with Gasteiger partial charge in [0.2, 0.25) is 0 Å². The maximum atomic E-state index is 12.0. The minimum absolute atomic E-state index is 0.141. The minimum Gasteiger partial charge on any atom is -0.497 e. The number of benzene rings is 2. The Balaban J connectivity index is 1.44. The third-order valence-corrected chi connectivity index (χ3v) is 3.95. The van der Waals surface area contributed by atoms with E-state index in [1.165, 1.54) is 0 Å². The van der Waals surface area contributed by atoms with Crippen molar-refractivity contribution in [3.8, 4) is 17.2 Å². The van der Waals surface area contributed by atoms with Crippen molar-refractivity contribution >= 4 is 16.9 Å². The number of rotatable bonds is 9. The summed E-state index contributed by atoms with van der Waals surface area (Å²) in [6, 6.07) is 12.8. The van der Waals surface area contributed by atoms with Crippen molar-refractivity contribution < 1.29 is 28.2 Å². The van der Waals surface area contributed by atoms with Gasteiger partial charge in [0.05, 0.1) is 26.4 Å². The molecule has 1 heterocycles. The monoisotopic (exact) mass is 370 g/mol. The minimum atomic E-state index is -0.330. The van der Waals surface area contributed by atoms with Crippen LogP contribution in [0.1, 0.15) is 12.5 Å². The molecule has 0 bridgehead atoms. The molecule has 6 heteroatoms. The first-order valence-electron chi connectivity index (χ1n) is 8.75. The standard InChI is InChI=1S/C21H22O6/c1-3-24-16-4-6-17(7-5-16)25-10-11-26-21(22)12-15-14-27-20-13-18(23-2)8-9-19(15)20/h4-9,13-14H,3,10-12H2,1-2H3. The Morgan fingerprint density at radius 3 is 2.37 bits per heavy atom. The van der Waals surface area contributed by atoms with Crippen LogP contribution in [0.3, 0.4) is 0 Å². The highest BCUT2D eigenvalue weighted by Crippen LogP contribution is 2.26. The van der Waals surface area contributed by atoms with Gasteiger partial charge in [0.25, 0.3) is 0 Å². The third kappa shape index (κ3) is 4.94. The summed E-state index contributed by atoms with van der Waals surface area (Å²) < 4.78 is 26.8. The van der Waals surface area contributed by atoms with Crippen molar-refractivity contribution in [2.45, 2.75) is 13.3 Å². The molecule has 0 saturated heterocycles. The summed E-state index contributed by atoms with van der Waals surface area (Å²) >= 11 is 0. The normalized spacial score (nSPS) is 10.6. The topological polar surface area (TPSA) is 67.1 Å². The molecule has 3 rings (SSSR count). The zero-order chi connectivity index (χ0) is 19.1. The number of methoxy groups -OCH3 is 1. The summed E-state index contributed by atoms with van der Waals surface area (Å²) in [6.45, 7) is 3.01. The smallest absolute Gasteiger partial charge is 0.310 e. The van der Waals surface area contributed by atoms with Crippen LogP contribution >= 0.6 is 0 Å². The van der Waals surface area contributed by atoms with E-state index in [0.717, 1.165) is 16.7 Å². The van der Waals surface area contributed by atoms with E-state index >= 15 is 0 Å². The van der Waals surface area contributed by atoms with Gasteiger partial charge in [-0.05, 0) is 43.3 Å². The number of ether oxygens (including phenoxy) is 4. The lowest BCUT2D eigenvalue weighted by Gasteiger charge is -2.08. The molecule has 142 valence electrons. The van der Waals surface area contributed by atoms with Crippen LogP contribution in [0.15, 0.2) is 53.1 Å². The average Bonchev–Trinajstić information content (AvgIpc) is 3.08. The van der Waals surface area contributed by atoms with Gasteiger partial charge in [0.15, 0.2) is 0 Å². The molecule has 0 atom stereocenters. The molecule has 0 fully saturated rings. The van der Waals surface area contributed by atoms with Gasteiger partial charge in [0, 0.05) is 17.0 Å². The number of esters is 1. The highest BCUT2D eigenvalue weighted by molar-refractivity contribution is 5.86. The van der Waals surface area contributed by atoms with E-state index in [0.29, 0.717) is 23.7 Å². The molecular formula is C21H22O6. The fourth-order valence-corrected chi connectivity index (χ4v) is 2.65. The van der Waals surface area contributed by atoms with Gasteiger partial charge in [-0.3, -0.25) is 4.79 Å². The van der Waals surface area contributed by atoms with E-state index < -0.39 is 0 Å². The first-order chi connectivity index (χ1) is 13.2. The Kier molecular flexibility index (Phi) is 6.20. The fraction of sp³-hybridized carbons (Fsp3) is 0.286. The molecule has 6 nitrogen and oxygen atoms in total. The molecule has 0 aliphatic heterocycles. The van der Waals surface area contributed by atoms with Gasteiger partial charge >= 0.3 is 5.97 Å². The first kappa shape index (κ1) is 18.6. The average molecular weight is 370 g/mol. The SMILES string of the molecule is CCOc1ccc(OCCOC(=O)Cc2coc3cc(OC)ccc23)cc1. The zero-order valence-corrected chi connectivity index (χ0v) is 15.4. The van der Waals surface area contributed by atoms with Crippen LogP contribution in [0, 0.1) is 0 Å². The van der Waals surface area contributed by atoms with Crippen LogP contribution in [0.4, 0.5) is 0 Å². The Hall–Kier alpha value is -3.15. The molecule has 27 heavy (non-hydrogen) atoms. The summed E-state index contributed by atoms with van der Waals surface area (Å²) in [7, 11) is 1.60. The van der Waals surface area contributed by atoms with Crippen molar-refractivity contribution in [3.63, 3.8) is 0 Å². The molecule has 2 aromatic carbocycles. The second kappa shape index (κ2) is 8.98. The number of hydrogen-bond donors (Lipinski definition) is 0. The van der Waals surface area contributed by atoms with Crippen LogP contribution in [0.5, 0.6) is 17.2 Å².